The van der Waals surface area contributed by atoms with Crippen LogP contribution in [0.2, 0.25) is 0 Å². The highest BCUT2D eigenvalue weighted by molar-refractivity contribution is 5.80. The highest BCUT2D eigenvalue weighted by Crippen LogP contribution is 2.34. The monoisotopic (exact) mass is 183 g/mol. The zero-order valence-corrected chi connectivity index (χ0v) is 8.07. The number of aliphatic hydroxyl groups excluding tert-OH is 1. The van der Waals surface area contributed by atoms with Crippen molar-refractivity contribution < 1.29 is 9.90 Å². The Labute approximate surface area is 78.7 Å². The Kier molecular flexibility index (Phi) is 2.28. The number of nitrogens with zero attached hydrogens (tertiary/aromatic N) is 1. The lowest BCUT2D eigenvalue weighted by Crippen LogP contribution is -2.53. The van der Waals surface area contributed by atoms with Crippen LogP contribution in [0.1, 0.15) is 32.6 Å². The van der Waals surface area contributed by atoms with Gasteiger partial charge in [-0.05, 0) is 38.5 Å². The van der Waals surface area contributed by atoms with Crippen molar-refractivity contribution >= 4 is 5.91 Å². The van der Waals surface area contributed by atoms with E-state index in [4.69, 9.17) is 0 Å². The lowest BCUT2D eigenvalue weighted by molar-refractivity contribution is -0.146. The lowest BCUT2D eigenvalue weighted by Gasteiger charge is -2.45. The molecule has 3 rings (SSSR count). The highest BCUT2D eigenvalue weighted by atomic mass is 16.3. The summed E-state index contributed by atoms with van der Waals surface area (Å²) in [6, 6.07) is 0.423. The first kappa shape index (κ1) is 9.00. The van der Waals surface area contributed by atoms with E-state index in [0.29, 0.717) is 12.0 Å². The van der Waals surface area contributed by atoms with E-state index < -0.39 is 6.10 Å². The van der Waals surface area contributed by atoms with Gasteiger partial charge in [0.1, 0.15) is 6.10 Å². The molecule has 1 aliphatic carbocycles. The number of amides is 1. The Morgan fingerprint density at radius 1 is 1.38 bits per heavy atom. The van der Waals surface area contributed by atoms with Gasteiger partial charge in [0, 0.05) is 12.6 Å². The summed E-state index contributed by atoms with van der Waals surface area (Å²) in [4.78, 5) is 13.5. The maximum atomic E-state index is 11.6. The smallest absolute Gasteiger partial charge is 0.251 e. The second-order valence-corrected chi connectivity index (χ2v) is 4.34. The molecule has 3 nitrogen and oxygen atoms in total. The van der Waals surface area contributed by atoms with Crippen LogP contribution < -0.4 is 0 Å². The molecule has 2 saturated heterocycles. The fourth-order valence-electron chi connectivity index (χ4n) is 2.58. The maximum Gasteiger partial charge on any atom is 0.251 e. The van der Waals surface area contributed by atoms with E-state index in [1.54, 1.807) is 6.92 Å². The molecule has 0 aromatic rings. The lowest BCUT2D eigenvalue weighted by atomic mass is 9.80. The van der Waals surface area contributed by atoms with E-state index in [-0.39, 0.29) is 5.91 Å². The number of hydrogen-bond acceptors (Lipinski definition) is 2. The Bertz CT molecular complexity index is 207. The summed E-state index contributed by atoms with van der Waals surface area (Å²) in [6.07, 6.45) is 4.01. The Morgan fingerprint density at radius 3 is 2.38 bits per heavy atom. The van der Waals surface area contributed by atoms with Crippen LogP contribution in [0.15, 0.2) is 0 Å². The predicted octanol–water partition coefficient (Wildman–Crippen LogP) is 0.768. The first-order valence-corrected chi connectivity index (χ1v) is 5.17. The van der Waals surface area contributed by atoms with Crippen LogP contribution in [0.25, 0.3) is 0 Å². The normalized spacial score (nSPS) is 34.8. The first-order chi connectivity index (χ1) is 6.18. The molecule has 74 valence electrons. The van der Waals surface area contributed by atoms with E-state index in [1.807, 2.05) is 4.90 Å². The Morgan fingerprint density at radius 2 is 2.00 bits per heavy atom. The second kappa shape index (κ2) is 3.29. The van der Waals surface area contributed by atoms with Gasteiger partial charge in [0.05, 0.1) is 0 Å². The largest absolute Gasteiger partial charge is 0.384 e. The minimum atomic E-state index is -0.820. The quantitative estimate of drug-likeness (QED) is 0.652. The molecule has 1 amide bonds. The van der Waals surface area contributed by atoms with Crippen molar-refractivity contribution in [1.82, 2.24) is 4.90 Å². The summed E-state index contributed by atoms with van der Waals surface area (Å²) in [7, 11) is 0. The number of aliphatic hydroxyl groups is 1. The van der Waals surface area contributed by atoms with Gasteiger partial charge < -0.3 is 10.0 Å². The van der Waals surface area contributed by atoms with E-state index in [0.717, 1.165) is 19.4 Å². The Hall–Kier alpha value is -0.570. The number of fused-ring (bicyclic) bond motifs is 3. The highest BCUT2D eigenvalue weighted by Gasteiger charge is 2.37. The Balaban J connectivity index is 2.04. The molecule has 3 fully saturated rings. The van der Waals surface area contributed by atoms with E-state index >= 15 is 0 Å². The van der Waals surface area contributed by atoms with E-state index in [9.17, 15) is 9.90 Å². The summed E-state index contributed by atoms with van der Waals surface area (Å²) >= 11 is 0. The number of piperidine rings is 2. The molecule has 1 saturated carbocycles. The molecule has 1 N–H and O–H groups in total. The minimum Gasteiger partial charge on any atom is -0.384 e. The molecular weight excluding hydrogens is 166 g/mol. The number of hydrogen-bond donors (Lipinski definition) is 1. The molecule has 0 unspecified atom stereocenters. The molecule has 0 aromatic heterocycles. The standard InChI is InChI=1S/C10H17NO2/c1-7(12)10(13)11-6-8-2-4-9(11)5-3-8/h7-9,12H,2-6H2,1H3/t7-,8?,9?/m1/s1. The molecule has 3 heteroatoms. The molecule has 2 bridgehead atoms. The molecule has 13 heavy (non-hydrogen) atoms. The van der Waals surface area contributed by atoms with Crippen LogP contribution in [0.3, 0.4) is 0 Å². The fraction of sp³-hybridized carbons (Fsp3) is 0.900. The van der Waals surface area contributed by atoms with Crippen molar-refractivity contribution in [2.45, 2.75) is 44.8 Å². The molecule has 2 aliphatic heterocycles. The number of carbonyl (C=O) groups is 1. The molecule has 1 atom stereocenters. The maximum absolute atomic E-state index is 11.6. The molecule has 0 aromatic carbocycles. The SMILES string of the molecule is C[C@@H](O)C(=O)N1CC2CCC1CC2. The minimum absolute atomic E-state index is 0.0746. The van der Waals surface area contributed by atoms with Crippen LogP contribution in [-0.2, 0) is 4.79 Å². The van der Waals surface area contributed by atoms with Crippen molar-refractivity contribution in [2.24, 2.45) is 5.92 Å². The van der Waals surface area contributed by atoms with Crippen molar-refractivity contribution in [2.75, 3.05) is 6.54 Å². The van der Waals surface area contributed by atoms with Gasteiger partial charge in [0.2, 0.25) is 0 Å². The second-order valence-electron chi connectivity index (χ2n) is 4.34. The van der Waals surface area contributed by atoms with Gasteiger partial charge >= 0.3 is 0 Å². The third-order valence-corrected chi connectivity index (χ3v) is 3.35. The fourth-order valence-corrected chi connectivity index (χ4v) is 2.58. The van der Waals surface area contributed by atoms with Crippen LogP contribution in [-0.4, -0.2) is 34.6 Å². The third-order valence-electron chi connectivity index (χ3n) is 3.35. The summed E-state index contributed by atoms with van der Waals surface area (Å²) in [6.45, 7) is 2.44. The van der Waals surface area contributed by atoms with Crippen molar-refractivity contribution in [3.63, 3.8) is 0 Å². The van der Waals surface area contributed by atoms with Crippen molar-refractivity contribution in [1.29, 1.82) is 0 Å². The zero-order valence-electron chi connectivity index (χ0n) is 8.07. The molecule has 0 spiro atoms. The molecule has 0 radical (unpaired) electrons. The van der Waals surface area contributed by atoms with Gasteiger partial charge in [0.25, 0.3) is 5.91 Å². The van der Waals surface area contributed by atoms with Gasteiger partial charge in [-0.2, -0.15) is 0 Å². The summed E-state index contributed by atoms with van der Waals surface area (Å²) < 4.78 is 0. The van der Waals surface area contributed by atoms with Gasteiger partial charge in [-0.15, -0.1) is 0 Å². The van der Waals surface area contributed by atoms with Crippen LogP contribution >= 0.6 is 0 Å². The van der Waals surface area contributed by atoms with Crippen molar-refractivity contribution in [3.8, 4) is 0 Å². The molecular formula is C10H17NO2. The topological polar surface area (TPSA) is 40.5 Å². The average Bonchev–Trinajstić information content (AvgIpc) is 2.18. The van der Waals surface area contributed by atoms with Gasteiger partial charge in [-0.25, -0.2) is 0 Å². The number of carbonyl (C=O) groups excluding carboxylic acids is 1. The summed E-state index contributed by atoms with van der Waals surface area (Å²) in [5.74, 6) is 0.627. The van der Waals surface area contributed by atoms with Crippen molar-refractivity contribution in [3.05, 3.63) is 0 Å². The summed E-state index contributed by atoms with van der Waals surface area (Å²) in [5.41, 5.74) is 0. The van der Waals surface area contributed by atoms with E-state index in [1.165, 1.54) is 12.8 Å². The van der Waals surface area contributed by atoms with Crippen LogP contribution in [0.4, 0.5) is 0 Å². The first-order valence-electron chi connectivity index (χ1n) is 5.17. The third kappa shape index (κ3) is 1.57. The van der Waals surface area contributed by atoms with Gasteiger partial charge in [0.15, 0.2) is 0 Å². The van der Waals surface area contributed by atoms with E-state index in [2.05, 4.69) is 0 Å². The van der Waals surface area contributed by atoms with Gasteiger partial charge in [-0.3, -0.25) is 4.79 Å². The number of rotatable bonds is 1. The predicted molar refractivity (Wildman–Crippen MR) is 49.1 cm³/mol. The van der Waals surface area contributed by atoms with Crippen LogP contribution in [0.5, 0.6) is 0 Å². The average molecular weight is 183 g/mol. The molecule has 2 heterocycles. The zero-order chi connectivity index (χ0) is 9.42. The van der Waals surface area contributed by atoms with Gasteiger partial charge in [-0.1, -0.05) is 0 Å². The van der Waals surface area contributed by atoms with Crippen LogP contribution in [0, 0.1) is 5.92 Å². The molecule has 3 aliphatic rings. The summed E-state index contributed by atoms with van der Waals surface area (Å²) in [5, 5.41) is 9.21.